The molecule has 0 bridgehead atoms. The summed E-state index contributed by atoms with van der Waals surface area (Å²) in [5.41, 5.74) is 0.479. The van der Waals surface area contributed by atoms with Crippen molar-refractivity contribution in [3.05, 3.63) is 47.8 Å². The van der Waals surface area contributed by atoms with Gasteiger partial charge in [-0.1, -0.05) is 0 Å². The Hall–Kier alpha value is -2.76. The molecule has 0 radical (unpaired) electrons. The largest absolute Gasteiger partial charge is 0.507 e. The fourth-order valence-corrected chi connectivity index (χ4v) is 1.87. The number of rotatable bonds is 2. The van der Waals surface area contributed by atoms with Gasteiger partial charge in [0, 0.05) is 17.8 Å². The topological polar surface area (TPSA) is 67.8 Å². The van der Waals surface area contributed by atoms with Crippen molar-refractivity contribution in [1.29, 1.82) is 0 Å². The molecule has 2 aromatic rings. The van der Waals surface area contributed by atoms with Crippen LogP contribution < -0.4 is 14.8 Å². The summed E-state index contributed by atoms with van der Waals surface area (Å²) < 4.78 is 23.2. The van der Waals surface area contributed by atoms with Crippen molar-refractivity contribution in [2.24, 2.45) is 0 Å². The Morgan fingerprint density at radius 3 is 2.75 bits per heavy atom. The molecule has 102 valence electrons. The minimum absolute atomic E-state index is 0.0101. The molecule has 0 spiro atoms. The number of phenols is 1. The van der Waals surface area contributed by atoms with Crippen LogP contribution in [0.15, 0.2) is 36.4 Å². The molecule has 2 N–H and O–H groups in total. The number of halogens is 1. The van der Waals surface area contributed by atoms with Crippen LogP contribution in [-0.2, 0) is 0 Å². The van der Waals surface area contributed by atoms with Crippen molar-refractivity contribution in [3.63, 3.8) is 0 Å². The molecule has 2 aromatic carbocycles. The van der Waals surface area contributed by atoms with E-state index >= 15 is 0 Å². The first-order chi connectivity index (χ1) is 9.63. The number of anilines is 1. The molecule has 0 fully saturated rings. The van der Waals surface area contributed by atoms with Crippen molar-refractivity contribution in [1.82, 2.24) is 0 Å². The molecule has 1 amide bonds. The maximum atomic E-state index is 12.9. The minimum Gasteiger partial charge on any atom is -0.507 e. The number of phenolic OH excluding ortho intramolecular Hbond substituents is 1. The van der Waals surface area contributed by atoms with Crippen LogP contribution in [0.3, 0.4) is 0 Å². The molecule has 1 aliphatic rings. The van der Waals surface area contributed by atoms with Gasteiger partial charge in [-0.25, -0.2) is 4.39 Å². The van der Waals surface area contributed by atoms with E-state index < -0.39 is 17.5 Å². The highest BCUT2D eigenvalue weighted by molar-refractivity contribution is 6.06. The number of benzene rings is 2. The Balaban J connectivity index is 1.82. The molecule has 0 unspecified atom stereocenters. The molecule has 1 aliphatic heterocycles. The predicted molar refractivity (Wildman–Crippen MR) is 68.6 cm³/mol. The van der Waals surface area contributed by atoms with Crippen LogP contribution in [-0.4, -0.2) is 17.8 Å². The lowest BCUT2D eigenvalue weighted by Gasteiger charge is -2.07. The van der Waals surface area contributed by atoms with E-state index in [0.29, 0.717) is 17.2 Å². The molecule has 0 atom stereocenters. The van der Waals surface area contributed by atoms with Gasteiger partial charge in [0.2, 0.25) is 6.79 Å². The van der Waals surface area contributed by atoms with Crippen molar-refractivity contribution >= 4 is 11.6 Å². The summed E-state index contributed by atoms with van der Waals surface area (Å²) in [6.07, 6.45) is 0. The molecule has 0 aliphatic carbocycles. The van der Waals surface area contributed by atoms with Crippen molar-refractivity contribution in [3.8, 4) is 17.2 Å². The maximum absolute atomic E-state index is 12.9. The highest BCUT2D eigenvalue weighted by Gasteiger charge is 2.16. The first kappa shape index (κ1) is 12.3. The predicted octanol–water partition coefficient (Wildman–Crippen LogP) is 2.51. The zero-order valence-corrected chi connectivity index (χ0v) is 10.2. The highest BCUT2D eigenvalue weighted by Crippen LogP contribution is 2.34. The molecule has 0 saturated carbocycles. The monoisotopic (exact) mass is 275 g/mol. The van der Waals surface area contributed by atoms with Gasteiger partial charge in [0.15, 0.2) is 11.5 Å². The van der Waals surface area contributed by atoms with Crippen LogP contribution in [0.1, 0.15) is 10.4 Å². The van der Waals surface area contributed by atoms with Crippen molar-refractivity contribution < 1.29 is 23.8 Å². The van der Waals surface area contributed by atoms with E-state index in [9.17, 15) is 14.3 Å². The van der Waals surface area contributed by atoms with Gasteiger partial charge in [0.05, 0.1) is 5.56 Å². The van der Waals surface area contributed by atoms with Crippen molar-refractivity contribution in [2.75, 3.05) is 12.1 Å². The number of carbonyl (C=O) groups excluding carboxylic acids is 1. The van der Waals surface area contributed by atoms with E-state index in [1.54, 1.807) is 18.2 Å². The average Bonchev–Trinajstić information content (AvgIpc) is 2.85. The lowest BCUT2D eigenvalue weighted by atomic mass is 10.1. The first-order valence-corrected chi connectivity index (χ1v) is 5.83. The smallest absolute Gasteiger partial charge is 0.259 e. The third-order valence-corrected chi connectivity index (χ3v) is 2.83. The third-order valence-electron chi connectivity index (χ3n) is 2.83. The van der Waals surface area contributed by atoms with E-state index in [-0.39, 0.29) is 12.4 Å². The van der Waals surface area contributed by atoms with Crippen molar-refractivity contribution in [2.45, 2.75) is 0 Å². The molecular weight excluding hydrogens is 265 g/mol. The summed E-state index contributed by atoms with van der Waals surface area (Å²) in [4.78, 5) is 12.0. The van der Waals surface area contributed by atoms with Gasteiger partial charge < -0.3 is 19.9 Å². The SMILES string of the molecule is O=C(Nc1ccc2c(c1)OCO2)c1ccc(F)cc1O. The Kier molecular flexibility index (Phi) is 2.90. The standard InChI is InChI=1S/C14H10FNO4/c15-8-1-3-10(11(17)5-8)14(18)16-9-2-4-12-13(6-9)20-7-19-12/h1-6,17H,7H2,(H,16,18). The van der Waals surface area contributed by atoms with Crippen LogP contribution in [0, 0.1) is 5.82 Å². The molecule has 5 nitrogen and oxygen atoms in total. The number of amides is 1. The third kappa shape index (κ3) is 2.23. The number of ether oxygens (including phenoxy) is 2. The number of hydrogen-bond acceptors (Lipinski definition) is 4. The first-order valence-electron chi connectivity index (χ1n) is 5.83. The number of hydrogen-bond donors (Lipinski definition) is 2. The second-order valence-electron chi connectivity index (χ2n) is 4.18. The number of aromatic hydroxyl groups is 1. The van der Waals surface area contributed by atoms with E-state index in [2.05, 4.69) is 5.32 Å². The van der Waals surface area contributed by atoms with Crippen LogP contribution >= 0.6 is 0 Å². The Morgan fingerprint density at radius 2 is 1.95 bits per heavy atom. The second-order valence-corrected chi connectivity index (χ2v) is 4.18. The Labute approximate surface area is 113 Å². The van der Waals surface area contributed by atoms with E-state index in [0.717, 1.165) is 12.1 Å². The molecule has 1 heterocycles. The summed E-state index contributed by atoms with van der Waals surface area (Å²) in [6, 6.07) is 8.13. The van der Waals surface area contributed by atoms with Gasteiger partial charge in [-0.15, -0.1) is 0 Å². The lowest BCUT2D eigenvalue weighted by Crippen LogP contribution is -2.12. The average molecular weight is 275 g/mol. The Bertz CT molecular complexity index is 687. The van der Waals surface area contributed by atoms with Crippen LogP contribution in [0.25, 0.3) is 0 Å². The van der Waals surface area contributed by atoms with Gasteiger partial charge in [-0.05, 0) is 24.3 Å². The lowest BCUT2D eigenvalue weighted by molar-refractivity contribution is 0.102. The van der Waals surface area contributed by atoms with Crippen LogP contribution in [0.5, 0.6) is 17.2 Å². The molecule has 6 heteroatoms. The fraction of sp³-hybridized carbons (Fsp3) is 0.0714. The zero-order chi connectivity index (χ0) is 14.1. The fourth-order valence-electron chi connectivity index (χ4n) is 1.87. The van der Waals surface area contributed by atoms with E-state index in [1.807, 2.05) is 0 Å². The summed E-state index contributed by atoms with van der Waals surface area (Å²) in [7, 11) is 0. The van der Waals surface area contributed by atoms with E-state index in [4.69, 9.17) is 9.47 Å². The quantitative estimate of drug-likeness (QED) is 0.883. The van der Waals surface area contributed by atoms with Crippen LogP contribution in [0.2, 0.25) is 0 Å². The molecule has 0 aromatic heterocycles. The molecular formula is C14H10FNO4. The maximum Gasteiger partial charge on any atom is 0.259 e. The molecule has 3 rings (SSSR count). The van der Waals surface area contributed by atoms with Gasteiger partial charge in [0.1, 0.15) is 11.6 Å². The van der Waals surface area contributed by atoms with Gasteiger partial charge in [0.25, 0.3) is 5.91 Å². The summed E-state index contributed by atoms with van der Waals surface area (Å²) >= 11 is 0. The summed E-state index contributed by atoms with van der Waals surface area (Å²) in [6.45, 7) is 0.144. The normalized spacial score (nSPS) is 12.2. The number of nitrogens with one attached hydrogen (secondary N) is 1. The van der Waals surface area contributed by atoms with Gasteiger partial charge >= 0.3 is 0 Å². The van der Waals surface area contributed by atoms with E-state index in [1.165, 1.54) is 6.07 Å². The van der Waals surface area contributed by atoms with Crippen LogP contribution in [0.4, 0.5) is 10.1 Å². The molecule has 0 saturated heterocycles. The van der Waals surface area contributed by atoms with Gasteiger partial charge in [-0.2, -0.15) is 0 Å². The number of carbonyl (C=O) groups is 1. The highest BCUT2D eigenvalue weighted by atomic mass is 19.1. The summed E-state index contributed by atoms with van der Waals surface area (Å²) in [5.74, 6) is -0.425. The Morgan fingerprint density at radius 1 is 1.15 bits per heavy atom. The summed E-state index contributed by atoms with van der Waals surface area (Å²) in [5, 5.41) is 12.1. The minimum atomic E-state index is -0.609. The zero-order valence-electron chi connectivity index (χ0n) is 10.2. The number of fused-ring (bicyclic) bond motifs is 1. The molecule has 20 heavy (non-hydrogen) atoms. The second kappa shape index (κ2) is 4.73. The van der Waals surface area contributed by atoms with Gasteiger partial charge in [-0.3, -0.25) is 4.79 Å².